The van der Waals surface area contributed by atoms with E-state index in [1.165, 1.54) is 6.20 Å². The molecular formula is C17H17F2N3O2. The molecule has 24 heavy (non-hydrogen) atoms. The zero-order chi connectivity index (χ0) is 17.3. The van der Waals surface area contributed by atoms with Gasteiger partial charge in [0.2, 0.25) is 5.91 Å². The summed E-state index contributed by atoms with van der Waals surface area (Å²) in [6, 6.07) is 7.14. The second kappa shape index (κ2) is 6.14. The quantitative estimate of drug-likeness (QED) is 0.936. The molecule has 0 aliphatic carbocycles. The standard InChI is InChI=1S/C17H17F2N3O2/c1-11-2-3-14-13(8-11)12(4-6-20-14)16(24)21-9-15(23)22-7-5-17(18,19)10-22/h2-4,6,8H,5,7,9-10H2,1H3,(H,21,24). The fraction of sp³-hybridized carbons (Fsp3) is 0.353. The minimum Gasteiger partial charge on any atom is -0.343 e. The van der Waals surface area contributed by atoms with Gasteiger partial charge in [-0.05, 0) is 25.1 Å². The summed E-state index contributed by atoms with van der Waals surface area (Å²) in [4.78, 5) is 29.6. The van der Waals surface area contributed by atoms with Gasteiger partial charge in [-0.3, -0.25) is 14.6 Å². The SMILES string of the molecule is Cc1ccc2nccc(C(=O)NCC(=O)N3CCC(F)(F)C3)c2c1. The monoisotopic (exact) mass is 333 g/mol. The lowest BCUT2D eigenvalue weighted by atomic mass is 10.1. The van der Waals surface area contributed by atoms with Crippen molar-refractivity contribution in [1.29, 1.82) is 0 Å². The molecule has 2 amide bonds. The molecule has 0 atom stereocenters. The van der Waals surface area contributed by atoms with Gasteiger partial charge < -0.3 is 10.2 Å². The molecule has 7 heteroatoms. The van der Waals surface area contributed by atoms with Crippen molar-refractivity contribution < 1.29 is 18.4 Å². The summed E-state index contributed by atoms with van der Waals surface area (Å²) >= 11 is 0. The van der Waals surface area contributed by atoms with E-state index in [0.29, 0.717) is 16.5 Å². The third-order valence-corrected chi connectivity index (χ3v) is 4.06. The lowest BCUT2D eigenvalue weighted by molar-refractivity contribution is -0.130. The van der Waals surface area contributed by atoms with Gasteiger partial charge in [0, 0.05) is 24.5 Å². The summed E-state index contributed by atoms with van der Waals surface area (Å²) in [5.74, 6) is -3.76. The highest BCUT2D eigenvalue weighted by atomic mass is 19.3. The van der Waals surface area contributed by atoms with Gasteiger partial charge in [-0.2, -0.15) is 0 Å². The van der Waals surface area contributed by atoms with Crippen LogP contribution in [-0.4, -0.2) is 47.3 Å². The number of hydrogen-bond acceptors (Lipinski definition) is 3. The van der Waals surface area contributed by atoms with Gasteiger partial charge in [-0.15, -0.1) is 0 Å². The highest BCUT2D eigenvalue weighted by Crippen LogP contribution is 2.26. The molecule has 0 spiro atoms. The summed E-state index contributed by atoms with van der Waals surface area (Å²) in [5.41, 5.74) is 2.07. The number of benzene rings is 1. The van der Waals surface area contributed by atoms with Crippen LogP contribution in [0.5, 0.6) is 0 Å². The number of amides is 2. The maximum atomic E-state index is 13.1. The van der Waals surface area contributed by atoms with Gasteiger partial charge in [-0.1, -0.05) is 11.6 Å². The van der Waals surface area contributed by atoms with E-state index in [1.54, 1.807) is 6.07 Å². The lowest BCUT2D eigenvalue weighted by Gasteiger charge is -2.16. The van der Waals surface area contributed by atoms with Crippen LogP contribution in [0.3, 0.4) is 0 Å². The number of carbonyl (C=O) groups is 2. The predicted molar refractivity (Wildman–Crippen MR) is 85.0 cm³/mol. The van der Waals surface area contributed by atoms with Crippen LogP contribution >= 0.6 is 0 Å². The Labute approximate surface area is 137 Å². The molecule has 0 saturated carbocycles. The van der Waals surface area contributed by atoms with Gasteiger partial charge in [0.15, 0.2) is 0 Å². The molecule has 1 aliphatic rings. The van der Waals surface area contributed by atoms with E-state index in [-0.39, 0.29) is 19.5 Å². The molecule has 0 bridgehead atoms. The van der Waals surface area contributed by atoms with E-state index in [4.69, 9.17) is 0 Å². The van der Waals surface area contributed by atoms with Gasteiger partial charge in [-0.25, -0.2) is 8.78 Å². The smallest absolute Gasteiger partial charge is 0.267 e. The second-order valence-electron chi connectivity index (χ2n) is 5.98. The summed E-state index contributed by atoms with van der Waals surface area (Å²) in [6.07, 6.45) is 1.19. The van der Waals surface area contributed by atoms with E-state index < -0.39 is 24.3 Å². The highest BCUT2D eigenvalue weighted by Gasteiger charge is 2.40. The summed E-state index contributed by atoms with van der Waals surface area (Å²) in [5, 5.41) is 3.20. The van der Waals surface area contributed by atoms with Gasteiger partial charge in [0.1, 0.15) is 0 Å². The Morgan fingerprint density at radius 3 is 2.83 bits per heavy atom. The van der Waals surface area contributed by atoms with Gasteiger partial charge in [0.25, 0.3) is 11.8 Å². The highest BCUT2D eigenvalue weighted by molar-refractivity contribution is 6.07. The number of pyridine rings is 1. The van der Waals surface area contributed by atoms with Crippen molar-refractivity contribution >= 4 is 22.7 Å². The fourth-order valence-electron chi connectivity index (χ4n) is 2.77. The van der Waals surface area contributed by atoms with Crippen molar-refractivity contribution in [2.24, 2.45) is 0 Å². The van der Waals surface area contributed by atoms with Crippen LogP contribution in [-0.2, 0) is 4.79 Å². The van der Waals surface area contributed by atoms with Crippen LogP contribution in [0.4, 0.5) is 8.78 Å². The molecule has 1 aliphatic heterocycles. The fourth-order valence-corrected chi connectivity index (χ4v) is 2.77. The molecule has 0 radical (unpaired) electrons. The zero-order valence-corrected chi connectivity index (χ0v) is 13.2. The molecule has 3 rings (SSSR count). The normalized spacial score (nSPS) is 16.4. The first kappa shape index (κ1) is 16.3. The molecule has 2 heterocycles. The van der Waals surface area contributed by atoms with Gasteiger partial charge >= 0.3 is 0 Å². The number of nitrogens with zero attached hydrogens (tertiary/aromatic N) is 2. The molecule has 1 aromatic carbocycles. The molecule has 1 aromatic heterocycles. The third kappa shape index (κ3) is 3.34. The number of hydrogen-bond donors (Lipinski definition) is 1. The lowest BCUT2D eigenvalue weighted by Crippen LogP contribution is -2.40. The minimum absolute atomic E-state index is 0.0130. The number of carbonyl (C=O) groups excluding carboxylic acids is 2. The average molecular weight is 333 g/mol. The molecule has 126 valence electrons. The van der Waals surface area contributed by atoms with E-state index in [2.05, 4.69) is 10.3 Å². The maximum absolute atomic E-state index is 13.1. The largest absolute Gasteiger partial charge is 0.343 e. The van der Waals surface area contributed by atoms with Gasteiger partial charge in [0.05, 0.1) is 24.2 Å². The zero-order valence-electron chi connectivity index (χ0n) is 13.2. The number of nitrogens with one attached hydrogen (secondary N) is 1. The summed E-state index contributed by atoms with van der Waals surface area (Å²) in [6.45, 7) is 1.04. The molecule has 2 aromatic rings. The Morgan fingerprint density at radius 2 is 2.12 bits per heavy atom. The number of fused-ring (bicyclic) bond motifs is 1. The minimum atomic E-state index is -2.83. The van der Waals surface area contributed by atoms with Crippen molar-refractivity contribution in [3.8, 4) is 0 Å². The number of aryl methyl sites for hydroxylation is 1. The van der Waals surface area contributed by atoms with Crippen molar-refractivity contribution in [3.63, 3.8) is 0 Å². The topological polar surface area (TPSA) is 62.3 Å². The average Bonchev–Trinajstić information content (AvgIpc) is 2.91. The second-order valence-corrected chi connectivity index (χ2v) is 5.98. The van der Waals surface area contributed by atoms with Crippen LogP contribution in [0.25, 0.3) is 10.9 Å². The van der Waals surface area contributed by atoms with E-state index in [1.807, 2.05) is 25.1 Å². The molecule has 1 saturated heterocycles. The Hall–Kier alpha value is -2.57. The summed E-state index contributed by atoms with van der Waals surface area (Å²) < 4.78 is 26.3. The Balaban J connectivity index is 1.70. The van der Waals surface area contributed by atoms with Crippen LogP contribution in [0.2, 0.25) is 0 Å². The summed E-state index contributed by atoms with van der Waals surface area (Å²) in [7, 11) is 0. The molecule has 1 fully saturated rings. The van der Waals surface area contributed by atoms with Crippen LogP contribution in [0.15, 0.2) is 30.5 Å². The molecule has 5 nitrogen and oxygen atoms in total. The van der Waals surface area contributed by atoms with E-state index >= 15 is 0 Å². The first-order valence-corrected chi connectivity index (χ1v) is 7.65. The first-order chi connectivity index (χ1) is 11.4. The molecular weight excluding hydrogens is 316 g/mol. The number of rotatable bonds is 3. The Kier molecular flexibility index (Phi) is 4.17. The van der Waals surface area contributed by atoms with Crippen molar-refractivity contribution in [2.45, 2.75) is 19.3 Å². The van der Waals surface area contributed by atoms with Crippen molar-refractivity contribution in [3.05, 3.63) is 41.6 Å². The number of aromatic nitrogens is 1. The predicted octanol–water partition coefficient (Wildman–Crippen LogP) is 2.14. The maximum Gasteiger partial charge on any atom is 0.267 e. The Bertz CT molecular complexity index is 808. The van der Waals surface area contributed by atoms with Crippen molar-refractivity contribution in [1.82, 2.24) is 15.2 Å². The van der Waals surface area contributed by atoms with E-state index in [9.17, 15) is 18.4 Å². The number of likely N-dealkylation sites (tertiary alicyclic amines) is 1. The van der Waals surface area contributed by atoms with Crippen LogP contribution in [0, 0.1) is 6.92 Å². The first-order valence-electron chi connectivity index (χ1n) is 7.65. The van der Waals surface area contributed by atoms with Crippen LogP contribution in [0.1, 0.15) is 22.3 Å². The van der Waals surface area contributed by atoms with Crippen LogP contribution < -0.4 is 5.32 Å². The van der Waals surface area contributed by atoms with E-state index in [0.717, 1.165) is 10.5 Å². The Morgan fingerprint density at radius 1 is 1.33 bits per heavy atom. The third-order valence-electron chi connectivity index (χ3n) is 4.06. The van der Waals surface area contributed by atoms with Crippen molar-refractivity contribution in [2.75, 3.05) is 19.6 Å². The molecule has 1 N–H and O–H groups in total. The number of halogens is 2. The molecule has 0 unspecified atom stereocenters. The number of alkyl halides is 2.